The summed E-state index contributed by atoms with van der Waals surface area (Å²) in [4.78, 5) is 10.7. The van der Waals surface area contributed by atoms with E-state index in [1.807, 2.05) is 0 Å². The summed E-state index contributed by atoms with van der Waals surface area (Å²) < 4.78 is 15.1. The molecule has 0 aliphatic carbocycles. The van der Waals surface area contributed by atoms with E-state index in [-0.39, 0.29) is 13.2 Å². The number of cyclic esters (lactones) is 1. The Morgan fingerprint density at radius 3 is 2.88 bits per heavy atom. The van der Waals surface area contributed by atoms with E-state index < -0.39 is 12.3 Å². The lowest BCUT2D eigenvalue weighted by Gasteiger charge is -2.11. The molecule has 0 amide bonds. The van der Waals surface area contributed by atoms with Crippen LogP contribution in [0.4, 0.5) is 0 Å². The van der Waals surface area contributed by atoms with Gasteiger partial charge in [0.25, 0.3) is 0 Å². The molecule has 0 bridgehead atoms. The summed E-state index contributed by atoms with van der Waals surface area (Å²) in [5.74, 6) is 0.0772. The van der Waals surface area contributed by atoms with Crippen LogP contribution in [0.25, 0.3) is 0 Å². The first-order valence-electron chi connectivity index (χ1n) is 4.54. The van der Waals surface area contributed by atoms with Crippen molar-refractivity contribution in [1.29, 1.82) is 0 Å². The van der Waals surface area contributed by atoms with Crippen molar-refractivity contribution in [2.75, 3.05) is 13.2 Å². The van der Waals surface area contributed by atoms with Crippen molar-refractivity contribution in [3.05, 3.63) is 28.2 Å². The van der Waals surface area contributed by atoms with E-state index in [0.717, 1.165) is 0 Å². The van der Waals surface area contributed by atoms with Gasteiger partial charge in [0.1, 0.15) is 12.4 Å². The molecule has 0 saturated carbocycles. The van der Waals surface area contributed by atoms with Gasteiger partial charge in [-0.05, 0) is 18.2 Å². The Balaban J connectivity index is 1.92. The van der Waals surface area contributed by atoms with E-state index in [4.69, 9.17) is 37.4 Å². The molecule has 1 atom stereocenters. The first-order chi connectivity index (χ1) is 7.65. The molecular formula is C10H8Cl2O4. The summed E-state index contributed by atoms with van der Waals surface area (Å²) in [5, 5.41) is 0.928. The molecule has 0 aromatic heterocycles. The van der Waals surface area contributed by atoms with E-state index in [0.29, 0.717) is 15.8 Å². The largest absolute Gasteiger partial charge is 0.485 e. The van der Waals surface area contributed by atoms with Crippen LogP contribution in [0.3, 0.4) is 0 Å². The molecule has 1 aliphatic heterocycles. The van der Waals surface area contributed by atoms with Gasteiger partial charge in [0.15, 0.2) is 6.61 Å². The normalized spacial score (nSPS) is 19.6. The fraction of sp³-hybridized carbons (Fsp3) is 0.300. The summed E-state index contributed by atoms with van der Waals surface area (Å²) in [6.45, 7) is 0.0649. The predicted octanol–water partition coefficient (Wildman–Crippen LogP) is 2.27. The van der Waals surface area contributed by atoms with Gasteiger partial charge in [-0.3, -0.25) is 0 Å². The number of halogens is 2. The maximum atomic E-state index is 10.7. The van der Waals surface area contributed by atoms with Crippen LogP contribution >= 0.6 is 23.2 Å². The third-order valence-corrected chi connectivity index (χ3v) is 2.45. The van der Waals surface area contributed by atoms with Crippen molar-refractivity contribution in [3.63, 3.8) is 0 Å². The lowest BCUT2D eigenvalue weighted by atomic mass is 10.3. The Morgan fingerprint density at radius 1 is 1.44 bits per heavy atom. The second-order valence-corrected chi connectivity index (χ2v) is 3.96. The highest BCUT2D eigenvalue weighted by Crippen LogP contribution is 2.27. The first-order valence-corrected chi connectivity index (χ1v) is 5.29. The van der Waals surface area contributed by atoms with E-state index in [1.165, 1.54) is 0 Å². The third kappa shape index (κ3) is 2.78. The lowest BCUT2D eigenvalue weighted by molar-refractivity contribution is -0.145. The molecule has 2 rings (SSSR count). The highest BCUT2D eigenvalue weighted by molar-refractivity contribution is 6.35. The van der Waals surface area contributed by atoms with Gasteiger partial charge in [-0.25, -0.2) is 4.79 Å². The fourth-order valence-electron chi connectivity index (χ4n) is 1.21. The van der Waals surface area contributed by atoms with Gasteiger partial charge in [0.2, 0.25) is 6.29 Å². The molecule has 1 heterocycles. The van der Waals surface area contributed by atoms with Crippen molar-refractivity contribution in [3.8, 4) is 5.75 Å². The smallest absolute Gasteiger partial charge is 0.334 e. The van der Waals surface area contributed by atoms with Crippen LogP contribution in [0.2, 0.25) is 10.0 Å². The first kappa shape index (κ1) is 11.5. The second kappa shape index (κ2) is 4.91. The minimum atomic E-state index is -0.667. The van der Waals surface area contributed by atoms with E-state index in [2.05, 4.69) is 0 Å². The summed E-state index contributed by atoms with van der Waals surface area (Å²) in [6, 6.07) is 4.87. The molecule has 4 nitrogen and oxygen atoms in total. The molecule has 0 N–H and O–H groups in total. The number of benzene rings is 1. The van der Waals surface area contributed by atoms with Gasteiger partial charge in [0.05, 0.1) is 5.02 Å². The zero-order valence-electron chi connectivity index (χ0n) is 8.11. The Bertz CT molecular complexity index is 408. The van der Waals surface area contributed by atoms with Crippen molar-refractivity contribution in [2.45, 2.75) is 6.29 Å². The molecular weight excluding hydrogens is 255 g/mol. The van der Waals surface area contributed by atoms with Crippen LogP contribution in [-0.4, -0.2) is 25.5 Å². The van der Waals surface area contributed by atoms with Gasteiger partial charge >= 0.3 is 5.97 Å². The molecule has 86 valence electrons. The topological polar surface area (TPSA) is 44.8 Å². The minimum Gasteiger partial charge on any atom is -0.485 e. The number of carbonyl (C=O) groups excluding carboxylic acids is 1. The Kier molecular flexibility index (Phi) is 3.53. The summed E-state index contributed by atoms with van der Waals surface area (Å²) in [6.07, 6.45) is -0.667. The number of ether oxygens (including phenoxy) is 3. The fourth-order valence-corrected chi connectivity index (χ4v) is 1.67. The number of esters is 1. The van der Waals surface area contributed by atoms with Crippen LogP contribution in [0, 0.1) is 0 Å². The predicted molar refractivity (Wildman–Crippen MR) is 57.8 cm³/mol. The zero-order chi connectivity index (χ0) is 11.5. The molecule has 0 spiro atoms. The Labute approximate surface area is 102 Å². The molecule has 6 heteroatoms. The van der Waals surface area contributed by atoms with Crippen molar-refractivity contribution in [2.24, 2.45) is 0 Å². The molecule has 1 saturated heterocycles. The van der Waals surface area contributed by atoms with Gasteiger partial charge in [0, 0.05) is 5.02 Å². The SMILES string of the molecule is O=C1CO[C@H](COc2ccc(Cl)cc2Cl)O1. The van der Waals surface area contributed by atoms with Gasteiger partial charge in [-0.1, -0.05) is 23.2 Å². The van der Waals surface area contributed by atoms with Gasteiger partial charge < -0.3 is 14.2 Å². The molecule has 1 fully saturated rings. The second-order valence-electron chi connectivity index (χ2n) is 3.12. The average molecular weight is 263 g/mol. The molecule has 1 aromatic rings. The summed E-state index contributed by atoms with van der Waals surface area (Å²) in [5.41, 5.74) is 0. The average Bonchev–Trinajstić information content (AvgIpc) is 2.63. The van der Waals surface area contributed by atoms with Crippen LogP contribution in [-0.2, 0) is 14.3 Å². The van der Waals surface area contributed by atoms with Crippen LogP contribution in [0.5, 0.6) is 5.75 Å². The molecule has 1 aliphatic rings. The molecule has 16 heavy (non-hydrogen) atoms. The highest BCUT2D eigenvalue weighted by Gasteiger charge is 2.24. The van der Waals surface area contributed by atoms with Crippen molar-refractivity contribution in [1.82, 2.24) is 0 Å². The molecule has 0 unspecified atom stereocenters. The van der Waals surface area contributed by atoms with Crippen molar-refractivity contribution >= 4 is 29.2 Å². The highest BCUT2D eigenvalue weighted by atomic mass is 35.5. The maximum absolute atomic E-state index is 10.7. The summed E-state index contributed by atoms with van der Waals surface area (Å²) in [7, 11) is 0. The third-order valence-electron chi connectivity index (χ3n) is 1.92. The number of rotatable bonds is 3. The lowest BCUT2D eigenvalue weighted by Crippen LogP contribution is -2.18. The zero-order valence-corrected chi connectivity index (χ0v) is 9.62. The quantitative estimate of drug-likeness (QED) is 0.785. The van der Waals surface area contributed by atoms with E-state index >= 15 is 0 Å². The standard InChI is InChI=1S/C10H8Cl2O4/c11-6-1-2-8(7(12)3-6)14-5-10-15-4-9(13)16-10/h1-3,10H,4-5H2/t10-/m0/s1. The van der Waals surface area contributed by atoms with Crippen LogP contribution in [0.15, 0.2) is 18.2 Å². The number of carbonyl (C=O) groups is 1. The Morgan fingerprint density at radius 2 is 2.25 bits per heavy atom. The number of hydrogen-bond acceptors (Lipinski definition) is 4. The van der Waals surface area contributed by atoms with Crippen LogP contribution in [0.1, 0.15) is 0 Å². The number of hydrogen-bond donors (Lipinski definition) is 0. The van der Waals surface area contributed by atoms with E-state index in [9.17, 15) is 4.79 Å². The van der Waals surface area contributed by atoms with Gasteiger partial charge in [-0.15, -0.1) is 0 Å². The minimum absolute atomic E-state index is 0.0393. The molecule has 1 aromatic carbocycles. The molecule has 0 radical (unpaired) electrons. The van der Waals surface area contributed by atoms with Crippen LogP contribution < -0.4 is 4.74 Å². The Hall–Kier alpha value is -0.970. The maximum Gasteiger partial charge on any atom is 0.334 e. The summed E-state index contributed by atoms with van der Waals surface area (Å²) >= 11 is 11.6. The monoisotopic (exact) mass is 262 g/mol. The van der Waals surface area contributed by atoms with Crippen molar-refractivity contribution < 1.29 is 19.0 Å². The van der Waals surface area contributed by atoms with E-state index in [1.54, 1.807) is 18.2 Å². The van der Waals surface area contributed by atoms with Gasteiger partial charge in [-0.2, -0.15) is 0 Å².